The Labute approximate surface area is 175 Å². The summed E-state index contributed by atoms with van der Waals surface area (Å²) in [5, 5.41) is 3.25. The van der Waals surface area contributed by atoms with Crippen LogP contribution in [-0.4, -0.2) is 48.6 Å². The van der Waals surface area contributed by atoms with Gasteiger partial charge in [-0.15, -0.1) is 0 Å². The first-order valence-electron chi connectivity index (χ1n) is 9.99. The molecule has 0 saturated carbocycles. The molecule has 0 radical (unpaired) electrons. The molecule has 1 saturated heterocycles. The van der Waals surface area contributed by atoms with E-state index in [9.17, 15) is 9.18 Å². The molecule has 2 atom stereocenters. The molecule has 30 heavy (non-hydrogen) atoms. The monoisotopic (exact) mass is 414 g/mol. The van der Waals surface area contributed by atoms with Crippen LogP contribution in [0.5, 0.6) is 11.5 Å². The predicted octanol–water partition coefficient (Wildman–Crippen LogP) is 3.22. The van der Waals surface area contributed by atoms with E-state index in [4.69, 9.17) is 9.47 Å². The molecular weight excluding hydrogens is 387 g/mol. The van der Waals surface area contributed by atoms with Gasteiger partial charge in [-0.05, 0) is 42.7 Å². The van der Waals surface area contributed by atoms with E-state index in [0.29, 0.717) is 37.9 Å². The molecular formula is C22H27FN4O3. The lowest BCUT2D eigenvalue weighted by Crippen LogP contribution is -2.40. The number of rotatable bonds is 6. The molecule has 0 amide bonds. The number of ether oxygens (including phenoxy) is 2. The number of hydrogen-bond donors (Lipinski definition) is 1. The third-order valence-corrected chi connectivity index (χ3v) is 5.02. The summed E-state index contributed by atoms with van der Waals surface area (Å²) >= 11 is 0. The van der Waals surface area contributed by atoms with Crippen LogP contribution in [0.15, 0.2) is 47.7 Å². The van der Waals surface area contributed by atoms with E-state index in [0.717, 1.165) is 5.56 Å². The molecule has 0 bridgehead atoms. The third-order valence-electron chi connectivity index (χ3n) is 5.02. The second kappa shape index (κ2) is 10.0. The number of aliphatic imine (C=N–C) groups is 1. The maximum absolute atomic E-state index is 14.5. The Bertz CT molecular complexity index is 891. The van der Waals surface area contributed by atoms with Gasteiger partial charge in [-0.25, -0.2) is 9.38 Å². The number of guanidine groups is 1. The normalized spacial score (nSPS) is 18.9. The molecule has 160 valence electrons. The van der Waals surface area contributed by atoms with Gasteiger partial charge in [0, 0.05) is 25.8 Å². The fraction of sp³-hybridized carbons (Fsp3) is 0.409. The number of methoxy groups -OCH3 is 1. The summed E-state index contributed by atoms with van der Waals surface area (Å²) in [4.78, 5) is 22.6. The summed E-state index contributed by atoms with van der Waals surface area (Å²) in [6.45, 7) is 6.27. The minimum atomic E-state index is -0.461. The van der Waals surface area contributed by atoms with Gasteiger partial charge in [0.15, 0.2) is 17.5 Å². The maximum atomic E-state index is 14.5. The summed E-state index contributed by atoms with van der Waals surface area (Å²) in [6.07, 6.45) is 3.15. The van der Waals surface area contributed by atoms with Gasteiger partial charge < -0.3 is 19.7 Å². The van der Waals surface area contributed by atoms with E-state index in [2.05, 4.69) is 15.3 Å². The van der Waals surface area contributed by atoms with Gasteiger partial charge in [-0.2, -0.15) is 0 Å². The minimum Gasteiger partial charge on any atom is -0.469 e. The Hall–Kier alpha value is -3.16. The van der Waals surface area contributed by atoms with Crippen molar-refractivity contribution in [3.05, 3.63) is 54.1 Å². The number of carbonyl (C=O) groups excluding carboxylic acids is 1. The van der Waals surface area contributed by atoms with Crippen molar-refractivity contribution in [1.82, 2.24) is 15.2 Å². The number of aromatic nitrogens is 1. The molecule has 1 aromatic heterocycles. The SMILES string of the molecule is CCNC(=NCc1ccc(Oc2cccnc2)c(F)c1)N1CC(C)C(C(=O)OC)C1. The topological polar surface area (TPSA) is 76.1 Å². The summed E-state index contributed by atoms with van der Waals surface area (Å²) in [5.41, 5.74) is 0.721. The van der Waals surface area contributed by atoms with E-state index >= 15 is 0 Å². The highest BCUT2D eigenvalue weighted by atomic mass is 19.1. The van der Waals surface area contributed by atoms with Gasteiger partial charge in [-0.1, -0.05) is 13.0 Å². The predicted molar refractivity (Wildman–Crippen MR) is 112 cm³/mol. The number of carbonyl (C=O) groups is 1. The van der Waals surface area contributed by atoms with E-state index in [1.807, 2.05) is 18.7 Å². The molecule has 7 nitrogen and oxygen atoms in total. The lowest BCUT2D eigenvalue weighted by atomic mass is 9.99. The fourth-order valence-corrected chi connectivity index (χ4v) is 3.45. The molecule has 1 aromatic carbocycles. The Balaban J connectivity index is 1.69. The van der Waals surface area contributed by atoms with Gasteiger partial charge in [0.05, 0.1) is 25.8 Å². The zero-order valence-electron chi connectivity index (χ0n) is 17.5. The molecule has 8 heteroatoms. The van der Waals surface area contributed by atoms with E-state index in [1.165, 1.54) is 19.4 Å². The Morgan fingerprint density at radius 2 is 2.20 bits per heavy atom. The van der Waals surface area contributed by atoms with Gasteiger partial charge in [0.2, 0.25) is 0 Å². The summed E-state index contributed by atoms with van der Waals surface area (Å²) in [5.74, 6) is 0.635. The van der Waals surface area contributed by atoms with Crippen molar-refractivity contribution < 1.29 is 18.7 Å². The van der Waals surface area contributed by atoms with Crippen molar-refractivity contribution in [2.24, 2.45) is 16.8 Å². The Kier molecular flexibility index (Phi) is 7.21. The number of hydrogen-bond acceptors (Lipinski definition) is 5. The molecule has 1 N–H and O–H groups in total. The second-order valence-electron chi connectivity index (χ2n) is 7.24. The van der Waals surface area contributed by atoms with Crippen LogP contribution < -0.4 is 10.1 Å². The molecule has 3 rings (SSSR count). The largest absolute Gasteiger partial charge is 0.469 e. The van der Waals surface area contributed by atoms with Crippen LogP contribution in [0.2, 0.25) is 0 Å². The van der Waals surface area contributed by atoms with Crippen molar-refractivity contribution in [2.45, 2.75) is 20.4 Å². The third kappa shape index (κ3) is 5.25. The van der Waals surface area contributed by atoms with Crippen molar-refractivity contribution in [1.29, 1.82) is 0 Å². The number of nitrogens with zero attached hydrogens (tertiary/aromatic N) is 3. The Morgan fingerprint density at radius 1 is 1.37 bits per heavy atom. The molecule has 2 aromatic rings. The summed E-state index contributed by atoms with van der Waals surface area (Å²) in [6, 6.07) is 8.23. The molecule has 2 unspecified atom stereocenters. The van der Waals surface area contributed by atoms with Crippen LogP contribution in [0.4, 0.5) is 4.39 Å². The number of benzene rings is 1. The number of halogens is 1. The minimum absolute atomic E-state index is 0.136. The van der Waals surface area contributed by atoms with Crippen LogP contribution in [-0.2, 0) is 16.1 Å². The smallest absolute Gasteiger partial charge is 0.310 e. The molecule has 2 heterocycles. The standard InChI is InChI=1S/C22H27FN4O3/c1-4-25-22(27-13-15(2)18(14-27)21(28)29-3)26-11-16-7-8-20(19(23)10-16)30-17-6-5-9-24-12-17/h5-10,12,15,18H,4,11,13-14H2,1-3H3,(H,25,26). The Morgan fingerprint density at radius 3 is 2.87 bits per heavy atom. The van der Waals surface area contributed by atoms with Crippen molar-refractivity contribution in [2.75, 3.05) is 26.7 Å². The van der Waals surface area contributed by atoms with Crippen LogP contribution in [0.1, 0.15) is 19.4 Å². The summed E-state index contributed by atoms with van der Waals surface area (Å²) in [7, 11) is 1.41. The average molecular weight is 414 g/mol. The van der Waals surface area contributed by atoms with Crippen LogP contribution in [0.3, 0.4) is 0 Å². The van der Waals surface area contributed by atoms with Gasteiger partial charge >= 0.3 is 5.97 Å². The van der Waals surface area contributed by atoms with Gasteiger partial charge in [0.1, 0.15) is 5.75 Å². The van der Waals surface area contributed by atoms with Crippen LogP contribution >= 0.6 is 0 Å². The number of pyridine rings is 1. The zero-order valence-corrected chi connectivity index (χ0v) is 17.5. The molecule has 0 aliphatic carbocycles. The molecule has 0 spiro atoms. The zero-order chi connectivity index (χ0) is 21.5. The lowest BCUT2D eigenvalue weighted by Gasteiger charge is -2.21. The maximum Gasteiger partial charge on any atom is 0.310 e. The van der Waals surface area contributed by atoms with Crippen molar-refractivity contribution in [3.63, 3.8) is 0 Å². The van der Waals surface area contributed by atoms with Crippen molar-refractivity contribution in [3.8, 4) is 11.5 Å². The molecule has 1 aliphatic heterocycles. The van der Waals surface area contributed by atoms with Crippen LogP contribution in [0.25, 0.3) is 0 Å². The number of esters is 1. The average Bonchev–Trinajstić information content (AvgIpc) is 3.14. The summed E-state index contributed by atoms with van der Waals surface area (Å²) < 4.78 is 24.9. The first-order chi connectivity index (χ1) is 14.5. The highest BCUT2D eigenvalue weighted by Gasteiger charge is 2.36. The van der Waals surface area contributed by atoms with E-state index < -0.39 is 5.82 Å². The van der Waals surface area contributed by atoms with Gasteiger partial charge in [-0.3, -0.25) is 9.78 Å². The fourth-order valence-electron chi connectivity index (χ4n) is 3.45. The molecule has 1 fully saturated rings. The first-order valence-corrected chi connectivity index (χ1v) is 9.99. The highest BCUT2D eigenvalue weighted by Crippen LogP contribution is 2.26. The van der Waals surface area contributed by atoms with E-state index in [-0.39, 0.29) is 23.6 Å². The first kappa shape index (κ1) is 21.5. The number of likely N-dealkylation sites (tertiary alicyclic amines) is 1. The highest BCUT2D eigenvalue weighted by molar-refractivity contribution is 5.82. The lowest BCUT2D eigenvalue weighted by molar-refractivity contribution is -0.145. The second-order valence-corrected chi connectivity index (χ2v) is 7.24. The van der Waals surface area contributed by atoms with Crippen molar-refractivity contribution >= 4 is 11.9 Å². The van der Waals surface area contributed by atoms with Crippen LogP contribution in [0, 0.1) is 17.7 Å². The van der Waals surface area contributed by atoms with E-state index in [1.54, 1.807) is 30.5 Å². The number of nitrogens with one attached hydrogen (secondary N) is 1. The quantitative estimate of drug-likeness (QED) is 0.444. The molecule has 1 aliphatic rings. The van der Waals surface area contributed by atoms with Gasteiger partial charge in [0.25, 0.3) is 0 Å².